The molecule has 0 aliphatic carbocycles. The second kappa shape index (κ2) is 5.32. The molecule has 0 fully saturated rings. The van der Waals surface area contributed by atoms with Gasteiger partial charge in [-0.25, -0.2) is 4.98 Å². The molecule has 1 heterocycles. The number of anilines is 2. The number of aryl methyl sites for hydroxylation is 1. The maximum Gasteiger partial charge on any atom is 0.255 e. The van der Waals surface area contributed by atoms with Crippen molar-refractivity contribution >= 4 is 22.3 Å². The molecule has 3 aromatic rings. The fraction of sp³-hybridized carbons (Fsp3) is 0.118. The molecule has 2 aromatic carbocycles. The standard InChI is InChI=1S/C17H16N2O2/c1-11-9-15(19-12-5-3-6-13(20)10-12)14-7-4-8-16(21-2)17(14)18-11/h3-10,20H,1-2H3,(H,18,19)/p+1. The first kappa shape index (κ1) is 13.2. The monoisotopic (exact) mass is 281 g/mol. The van der Waals surface area contributed by atoms with Gasteiger partial charge in [-0.1, -0.05) is 12.1 Å². The van der Waals surface area contributed by atoms with Crippen molar-refractivity contribution in [3.63, 3.8) is 0 Å². The van der Waals surface area contributed by atoms with Crippen molar-refractivity contribution in [3.8, 4) is 11.5 Å². The minimum absolute atomic E-state index is 0.237. The molecule has 21 heavy (non-hydrogen) atoms. The first-order valence-electron chi connectivity index (χ1n) is 6.73. The summed E-state index contributed by atoms with van der Waals surface area (Å²) >= 11 is 0. The van der Waals surface area contributed by atoms with Crippen molar-refractivity contribution in [2.45, 2.75) is 6.92 Å². The molecule has 0 bridgehead atoms. The second-order valence-corrected chi connectivity index (χ2v) is 4.92. The van der Waals surface area contributed by atoms with E-state index in [4.69, 9.17) is 4.74 Å². The number of nitrogens with one attached hydrogen (secondary N) is 2. The number of hydrogen-bond acceptors (Lipinski definition) is 3. The highest BCUT2D eigenvalue weighted by Crippen LogP contribution is 2.30. The summed E-state index contributed by atoms with van der Waals surface area (Å²) in [7, 11) is 1.66. The smallest absolute Gasteiger partial charge is 0.255 e. The lowest BCUT2D eigenvalue weighted by molar-refractivity contribution is -0.355. The van der Waals surface area contributed by atoms with E-state index in [9.17, 15) is 5.11 Å². The number of aromatic hydroxyl groups is 1. The van der Waals surface area contributed by atoms with Gasteiger partial charge in [-0.2, -0.15) is 0 Å². The Hall–Kier alpha value is -2.75. The van der Waals surface area contributed by atoms with Gasteiger partial charge in [0.1, 0.15) is 5.75 Å². The maximum absolute atomic E-state index is 9.57. The molecule has 0 saturated carbocycles. The fourth-order valence-corrected chi connectivity index (χ4v) is 2.42. The van der Waals surface area contributed by atoms with Gasteiger partial charge in [0, 0.05) is 24.7 Å². The van der Waals surface area contributed by atoms with Crippen LogP contribution in [0.15, 0.2) is 48.5 Å². The van der Waals surface area contributed by atoms with Crippen LogP contribution in [0.25, 0.3) is 10.9 Å². The second-order valence-electron chi connectivity index (χ2n) is 4.92. The van der Waals surface area contributed by atoms with Gasteiger partial charge in [0.2, 0.25) is 0 Å². The van der Waals surface area contributed by atoms with E-state index in [1.54, 1.807) is 19.2 Å². The molecular formula is C17H17N2O2+. The van der Waals surface area contributed by atoms with Crippen molar-refractivity contribution < 1.29 is 14.8 Å². The average Bonchev–Trinajstić information content (AvgIpc) is 2.46. The van der Waals surface area contributed by atoms with Crippen LogP contribution < -0.4 is 15.0 Å². The number of methoxy groups -OCH3 is 1. The van der Waals surface area contributed by atoms with Gasteiger partial charge in [-0.15, -0.1) is 0 Å². The molecule has 4 heteroatoms. The number of phenols is 1. The van der Waals surface area contributed by atoms with Crippen LogP contribution in [0.2, 0.25) is 0 Å². The maximum atomic E-state index is 9.57. The zero-order chi connectivity index (χ0) is 14.8. The number of aromatic nitrogens is 1. The molecule has 106 valence electrons. The van der Waals surface area contributed by atoms with Gasteiger partial charge in [-0.3, -0.25) is 0 Å². The Kier molecular flexibility index (Phi) is 3.36. The molecule has 3 N–H and O–H groups in total. The molecule has 0 aliphatic heterocycles. The zero-order valence-corrected chi connectivity index (χ0v) is 12.0. The number of para-hydroxylation sites is 1. The first-order valence-corrected chi connectivity index (χ1v) is 6.73. The van der Waals surface area contributed by atoms with Crippen LogP contribution in [0, 0.1) is 6.92 Å². The van der Waals surface area contributed by atoms with Gasteiger partial charge in [-0.05, 0) is 24.3 Å². The van der Waals surface area contributed by atoms with Crippen LogP contribution in [0.4, 0.5) is 11.4 Å². The molecule has 0 unspecified atom stereocenters. The Morgan fingerprint density at radius 1 is 1.10 bits per heavy atom. The van der Waals surface area contributed by atoms with Crippen molar-refractivity contribution in [2.75, 3.05) is 12.4 Å². The molecule has 1 aromatic heterocycles. The first-order chi connectivity index (χ1) is 10.2. The molecule has 0 saturated heterocycles. The third-order valence-corrected chi connectivity index (χ3v) is 3.34. The summed E-state index contributed by atoms with van der Waals surface area (Å²) < 4.78 is 5.41. The molecule has 0 radical (unpaired) electrons. The van der Waals surface area contributed by atoms with Gasteiger partial charge < -0.3 is 15.2 Å². The van der Waals surface area contributed by atoms with E-state index in [-0.39, 0.29) is 5.75 Å². The highest BCUT2D eigenvalue weighted by molar-refractivity contribution is 5.94. The predicted molar refractivity (Wildman–Crippen MR) is 83.2 cm³/mol. The Morgan fingerprint density at radius 3 is 2.67 bits per heavy atom. The van der Waals surface area contributed by atoms with Gasteiger partial charge >= 0.3 is 0 Å². The number of hydrogen-bond donors (Lipinski definition) is 2. The fourth-order valence-electron chi connectivity index (χ4n) is 2.42. The van der Waals surface area contributed by atoms with E-state index in [2.05, 4.69) is 10.3 Å². The van der Waals surface area contributed by atoms with Gasteiger partial charge in [0.25, 0.3) is 5.52 Å². The zero-order valence-electron chi connectivity index (χ0n) is 12.0. The molecule has 0 spiro atoms. The predicted octanol–water partition coefficient (Wildman–Crippen LogP) is 3.42. The largest absolute Gasteiger partial charge is 0.508 e. The number of fused-ring (bicyclic) bond motifs is 1. The quantitative estimate of drug-likeness (QED) is 0.773. The summed E-state index contributed by atoms with van der Waals surface area (Å²) in [6, 6.07) is 15.0. The molecule has 0 aliphatic rings. The number of H-pyrrole nitrogens is 1. The van der Waals surface area contributed by atoms with E-state index >= 15 is 0 Å². The van der Waals surface area contributed by atoms with Crippen molar-refractivity contribution in [3.05, 3.63) is 54.2 Å². The molecule has 3 rings (SSSR count). The van der Waals surface area contributed by atoms with Crippen LogP contribution in [0.1, 0.15) is 5.69 Å². The number of rotatable bonds is 3. The summed E-state index contributed by atoms with van der Waals surface area (Å²) in [5.41, 5.74) is 3.77. The Morgan fingerprint density at radius 2 is 1.90 bits per heavy atom. The Balaban J connectivity index is 2.14. The highest BCUT2D eigenvalue weighted by Gasteiger charge is 2.14. The third kappa shape index (κ3) is 2.60. The minimum atomic E-state index is 0.237. The SMILES string of the molecule is COc1cccc2c(Nc3cccc(O)c3)cc(C)[nH+]c12. The van der Waals surface area contributed by atoms with Crippen molar-refractivity contribution in [1.29, 1.82) is 0 Å². The van der Waals surface area contributed by atoms with Crippen LogP contribution in [0.3, 0.4) is 0 Å². The number of benzene rings is 2. The topological polar surface area (TPSA) is 55.6 Å². The highest BCUT2D eigenvalue weighted by atomic mass is 16.5. The third-order valence-electron chi connectivity index (χ3n) is 3.34. The van der Waals surface area contributed by atoms with E-state index in [1.165, 1.54) is 0 Å². The lowest BCUT2D eigenvalue weighted by Gasteiger charge is -2.10. The van der Waals surface area contributed by atoms with E-state index in [0.29, 0.717) is 0 Å². The van der Waals surface area contributed by atoms with Crippen molar-refractivity contribution in [1.82, 2.24) is 0 Å². The molecular weight excluding hydrogens is 264 g/mol. The van der Waals surface area contributed by atoms with Crippen LogP contribution >= 0.6 is 0 Å². The van der Waals surface area contributed by atoms with E-state index in [0.717, 1.165) is 33.7 Å². The average molecular weight is 281 g/mol. The summed E-state index contributed by atoms with van der Waals surface area (Å²) in [6.07, 6.45) is 0. The molecule has 4 nitrogen and oxygen atoms in total. The number of pyridine rings is 1. The molecule has 0 atom stereocenters. The van der Waals surface area contributed by atoms with Crippen LogP contribution in [-0.2, 0) is 0 Å². The van der Waals surface area contributed by atoms with E-state index in [1.807, 2.05) is 43.3 Å². The van der Waals surface area contributed by atoms with Crippen molar-refractivity contribution in [2.24, 2.45) is 0 Å². The summed E-state index contributed by atoms with van der Waals surface area (Å²) in [4.78, 5) is 3.33. The number of ether oxygens (including phenoxy) is 1. The number of aromatic amines is 1. The number of phenolic OH excluding ortho intramolecular Hbond substituents is 1. The van der Waals surface area contributed by atoms with Crippen LogP contribution in [0.5, 0.6) is 11.5 Å². The summed E-state index contributed by atoms with van der Waals surface area (Å²) in [5.74, 6) is 1.04. The Labute approximate surface area is 123 Å². The lowest BCUT2D eigenvalue weighted by atomic mass is 10.1. The normalized spacial score (nSPS) is 10.6. The van der Waals surface area contributed by atoms with E-state index < -0.39 is 0 Å². The minimum Gasteiger partial charge on any atom is -0.508 e. The Bertz CT molecular complexity index is 800. The summed E-state index contributed by atoms with van der Waals surface area (Å²) in [5, 5.41) is 14.0. The lowest BCUT2D eigenvalue weighted by Crippen LogP contribution is -2.11. The van der Waals surface area contributed by atoms with Crippen LogP contribution in [-0.4, -0.2) is 12.2 Å². The van der Waals surface area contributed by atoms with Gasteiger partial charge in [0.05, 0.1) is 18.2 Å². The molecule has 0 amide bonds. The van der Waals surface area contributed by atoms with Gasteiger partial charge in [0.15, 0.2) is 11.4 Å². The summed E-state index contributed by atoms with van der Waals surface area (Å²) in [6.45, 7) is 2.00.